The van der Waals surface area contributed by atoms with Gasteiger partial charge in [-0.3, -0.25) is 9.59 Å². The highest BCUT2D eigenvalue weighted by molar-refractivity contribution is 6.04. The molecule has 2 aromatic carbocycles. The van der Waals surface area contributed by atoms with Crippen molar-refractivity contribution in [2.75, 3.05) is 14.2 Å². The van der Waals surface area contributed by atoms with Gasteiger partial charge in [-0.15, -0.1) is 0 Å². The molecule has 2 atom stereocenters. The van der Waals surface area contributed by atoms with Crippen LogP contribution in [-0.2, 0) is 0 Å². The van der Waals surface area contributed by atoms with Crippen LogP contribution in [0.5, 0.6) is 11.5 Å². The summed E-state index contributed by atoms with van der Waals surface area (Å²) in [5, 5.41) is 0. The van der Waals surface area contributed by atoms with Gasteiger partial charge in [0.05, 0.1) is 14.2 Å². The van der Waals surface area contributed by atoms with Crippen molar-refractivity contribution in [3.63, 3.8) is 0 Å². The predicted molar refractivity (Wildman–Crippen MR) is 93.0 cm³/mol. The molecule has 0 saturated carbocycles. The fourth-order valence-corrected chi connectivity index (χ4v) is 2.49. The summed E-state index contributed by atoms with van der Waals surface area (Å²) in [6.45, 7) is 3.58. The maximum Gasteiger partial charge on any atom is 0.166 e. The second-order valence-electron chi connectivity index (χ2n) is 5.76. The van der Waals surface area contributed by atoms with E-state index in [0.717, 1.165) is 0 Å². The Hall–Kier alpha value is -2.62. The average molecular weight is 326 g/mol. The summed E-state index contributed by atoms with van der Waals surface area (Å²) in [5.74, 6) is 0.475. The Morgan fingerprint density at radius 3 is 1.21 bits per heavy atom. The molecule has 0 N–H and O–H groups in total. The van der Waals surface area contributed by atoms with Gasteiger partial charge in [0.2, 0.25) is 0 Å². The largest absolute Gasteiger partial charge is 0.497 e. The third-order valence-electron chi connectivity index (χ3n) is 4.33. The minimum atomic E-state index is -0.409. The van der Waals surface area contributed by atoms with Crippen LogP contribution in [0.4, 0.5) is 0 Å². The van der Waals surface area contributed by atoms with E-state index in [2.05, 4.69) is 0 Å². The van der Waals surface area contributed by atoms with Crippen LogP contribution < -0.4 is 9.47 Å². The first-order valence-corrected chi connectivity index (χ1v) is 7.84. The highest BCUT2D eigenvalue weighted by atomic mass is 16.5. The van der Waals surface area contributed by atoms with Crippen molar-refractivity contribution in [2.24, 2.45) is 11.8 Å². The van der Waals surface area contributed by atoms with Gasteiger partial charge in [-0.1, -0.05) is 13.8 Å². The van der Waals surface area contributed by atoms with Crippen LogP contribution in [0.3, 0.4) is 0 Å². The molecule has 0 radical (unpaired) electrons. The van der Waals surface area contributed by atoms with Gasteiger partial charge >= 0.3 is 0 Å². The highest BCUT2D eigenvalue weighted by Gasteiger charge is 2.27. The summed E-state index contributed by atoms with van der Waals surface area (Å²) < 4.78 is 10.2. The van der Waals surface area contributed by atoms with Gasteiger partial charge in [-0.2, -0.15) is 0 Å². The van der Waals surface area contributed by atoms with Crippen molar-refractivity contribution < 1.29 is 19.1 Å². The monoisotopic (exact) mass is 326 g/mol. The molecule has 2 rings (SSSR count). The normalized spacial score (nSPS) is 13.0. The lowest BCUT2D eigenvalue weighted by Gasteiger charge is -2.18. The zero-order valence-corrected chi connectivity index (χ0v) is 14.4. The number of hydrogen-bond acceptors (Lipinski definition) is 4. The Labute approximate surface area is 142 Å². The zero-order chi connectivity index (χ0) is 17.7. The Kier molecular flexibility index (Phi) is 5.74. The number of rotatable bonds is 7. The number of ketones is 2. The molecule has 126 valence electrons. The number of hydrogen-bond donors (Lipinski definition) is 0. The predicted octanol–water partition coefficient (Wildman–Crippen LogP) is 4.04. The first-order valence-electron chi connectivity index (χ1n) is 7.84. The molecule has 4 heteroatoms. The lowest BCUT2D eigenvalue weighted by atomic mass is 9.83. The molecule has 0 spiro atoms. The van der Waals surface area contributed by atoms with Crippen LogP contribution >= 0.6 is 0 Å². The number of Topliss-reactive ketones (excluding diaryl/α,β-unsaturated/α-hetero) is 2. The van der Waals surface area contributed by atoms with Crippen molar-refractivity contribution >= 4 is 11.6 Å². The van der Waals surface area contributed by atoms with E-state index in [-0.39, 0.29) is 11.6 Å². The van der Waals surface area contributed by atoms with Crippen LogP contribution in [0.1, 0.15) is 34.6 Å². The molecule has 0 bridgehead atoms. The first-order chi connectivity index (χ1) is 11.5. The highest BCUT2D eigenvalue weighted by Crippen LogP contribution is 2.23. The Morgan fingerprint density at radius 1 is 0.667 bits per heavy atom. The van der Waals surface area contributed by atoms with Gasteiger partial charge in [0.25, 0.3) is 0 Å². The average Bonchev–Trinajstić information content (AvgIpc) is 2.65. The number of carbonyl (C=O) groups excluding carboxylic acids is 2. The summed E-state index contributed by atoms with van der Waals surface area (Å²) >= 11 is 0. The summed E-state index contributed by atoms with van der Waals surface area (Å²) in [5.41, 5.74) is 1.16. The molecule has 0 aromatic heterocycles. The van der Waals surface area contributed by atoms with Gasteiger partial charge < -0.3 is 9.47 Å². The molecule has 0 saturated heterocycles. The van der Waals surface area contributed by atoms with E-state index < -0.39 is 11.8 Å². The van der Waals surface area contributed by atoms with Gasteiger partial charge in [-0.05, 0) is 48.5 Å². The molecular weight excluding hydrogens is 304 g/mol. The zero-order valence-electron chi connectivity index (χ0n) is 14.4. The lowest BCUT2D eigenvalue weighted by Crippen LogP contribution is -2.25. The molecular formula is C20H22O4. The summed E-state index contributed by atoms with van der Waals surface area (Å²) in [6, 6.07) is 13.9. The van der Waals surface area contributed by atoms with Crippen LogP contribution in [-0.4, -0.2) is 25.8 Å². The molecule has 0 aliphatic heterocycles. The van der Waals surface area contributed by atoms with Crippen molar-refractivity contribution in [3.05, 3.63) is 59.7 Å². The Bertz CT molecular complexity index is 638. The quantitative estimate of drug-likeness (QED) is 0.721. The fourth-order valence-electron chi connectivity index (χ4n) is 2.49. The smallest absolute Gasteiger partial charge is 0.166 e. The number of methoxy groups -OCH3 is 2. The standard InChI is InChI=1S/C20H22O4/c1-13(19(21)15-5-9-17(23-3)10-6-15)14(2)20(22)16-7-11-18(24-4)12-8-16/h5-14H,1-4H3. The second-order valence-corrected chi connectivity index (χ2v) is 5.76. The second kappa shape index (κ2) is 7.77. The summed E-state index contributed by atoms with van der Waals surface area (Å²) in [4.78, 5) is 25.2. The topological polar surface area (TPSA) is 52.6 Å². The summed E-state index contributed by atoms with van der Waals surface area (Å²) in [6.07, 6.45) is 0. The minimum absolute atomic E-state index is 0.0491. The van der Waals surface area contributed by atoms with Gasteiger partial charge in [0.15, 0.2) is 11.6 Å². The van der Waals surface area contributed by atoms with E-state index in [9.17, 15) is 9.59 Å². The third kappa shape index (κ3) is 3.82. The van der Waals surface area contributed by atoms with Crippen LogP contribution in [0.25, 0.3) is 0 Å². The van der Waals surface area contributed by atoms with E-state index in [1.54, 1.807) is 76.6 Å². The van der Waals surface area contributed by atoms with Crippen molar-refractivity contribution in [1.29, 1.82) is 0 Å². The molecule has 4 nitrogen and oxygen atoms in total. The maximum atomic E-state index is 12.6. The van der Waals surface area contributed by atoms with Crippen LogP contribution in [0.15, 0.2) is 48.5 Å². The van der Waals surface area contributed by atoms with E-state index >= 15 is 0 Å². The van der Waals surface area contributed by atoms with Gasteiger partial charge in [-0.25, -0.2) is 0 Å². The SMILES string of the molecule is COc1ccc(C(=O)C(C)C(C)C(=O)c2ccc(OC)cc2)cc1. The van der Waals surface area contributed by atoms with E-state index in [0.29, 0.717) is 22.6 Å². The van der Waals surface area contributed by atoms with E-state index in [4.69, 9.17) is 9.47 Å². The number of benzene rings is 2. The molecule has 24 heavy (non-hydrogen) atoms. The number of ether oxygens (including phenoxy) is 2. The third-order valence-corrected chi connectivity index (χ3v) is 4.33. The van der Waals surface area contributed by atoms with Crippen LogP contribution in [0.2, 0.25) is 0 Å². The lowest BCUT2D eigenvalue weighted by molar-refractivity contribution is 0.0794. The number of carbonyl (C=O) groups is 2. The minimum Gasteiger partial charge on any atom is -0.497 e. The fraction of sp³-hybridized carbons (Fsp3) is 0.300. The molecule has 0 heterocycles. The molecule has 0 amide bonds. The van der Waals surface area contributed by atoms with Crippen molar-refractivity contribution in [1.82, 2.24) is 0 Å². The Morgan fingerprint density at radius 2 is 0.958 bits per heavy atom. The van der Waals surface area contributed by atoms with Crippen LogP contribution in [0, 0.1) is 11.8 Å². The molecule has 2 aromatic rings. The van der Waals surface area contributed by atoms with Crippen molar-refractivity contribution in [3.8, 4) is 11.5 Å². The molecule has 2 unspecified atom stereocenters. The molecule has 0 aliphatic carbocycles. The maximum absolute atomic E-state index is 12.6. The molecule has 0 fully saturated rings. The van der Waals surface area contributed by atoms with Crippen molar-refractivity contribution in [2.45, 2.75) is 13.8 Å². The summed E-state index contributed by atoms with van der Waals surface area (Å²) in [7, 11) is 3.16. The van der Waals surface area contributed by atoms with Gasteiger partial charge in [0.1, 0.15) is 11.5 Å². The first kappa shape index (κ1) is 17.7. The Balaban J connectivity index is 2.12. The van der Waals surface area contributed by atoms with E-state index in [1.807, 2.05) is 0 Å². The molecule has 0 aliphatic rings. The van der Waals surface area contributed by atoms with Gasteiger partial charge in [0, 0.05) is 23.0 Å². The van der Waals surface area contributed by atoms with E-state index in [1.165, 1.54) is 0 Å².